The summed E-state index contributed by atoms with van der Waals surface area (Å²) in [5.74, 6) is 0. The number of aliphatic hydroxyl groups is 1. The van der Waals surface area contributed by atoms with Gasteiger partial charge >= 0.3 is 0 Å². The number of aliphatic hydroxyl groups excluding tert-OH is 1. The number of hydrogen-bond donors (Lipinski definition) is 1. The van der Waals surface area contributed by atoms with Crippen LogP contribution in [0.15, 0.2) is 30.5 Å². The van der Waals surface area contributed by atoms with Crippen LogP contribution in [-0.2, 0) is 4.74 Å². The van der Waals surface area contributed by atoms with Crippen molar-refractivity contribution in [1.82, 2.24) is 4.98 Å². The normalized spacial score (nSPS) is 27.8. The van der Waals surface area contributed by atoms with Crippen molar-refractivity contribution in [2.45, 2.75) is 43.2 Å². The van der Waals surface area contributed by atoms with E-state index in [1.807, 2.05) is 25.3 Å². The first-order valence-corrected chi connectivity index (χ1v) is 7.60. The second-order valence-electron chi connectivity index (χ2n) is 4.90. The number of ether oxygens (including phenoxy) is 1. The first-order valence-electron chi connectivity index (χ1n) is 6.68. The van der Waals surface area contributed by atoms with E-state index in [0.29, 0.717) is 11.2 Å². The molecule has 2 rings (SSSR count). The second-order valence-corrected chi connectivity index (χ2v) is 6.20. The number of nitrogens with zero attached hydrogens (tertiary/aromatic N) is 1. The molecule has 1 aromatic heterocycles. The third kappa shape index (κ3) is 4.41. The molecule has 3 atom stereocenters. The Morgan fingerprint density at radius 3 is 3.11 bits per heavy atom. The van der Waals surface area contributed by atoms with Crippen LogP contribution in [0.25, 0.3) is 0 Å². The molecular formula is C15H20BrNO2. The van der Waals surface area contributed by atoms with Gasteiger partial charge in [0.1, 0.15) is 0 Å². The molecule has 0 aliphatic carbocycles. The van der Waals surface area contributed by atoms with E-state index in [1.165, 1.54) is 5.56 Å². The summed E-state index contributed by atoms with van der Waals surface area (Å²) in [5, 5.41) is 8.80. The monoisotopic (exact) mass is 325 g/mol. The molecule has 0 aromatic carbocycles. The number of pyridine rings is 1. The summed E-state index contributed by atoms with van der Waals surface area (Å²) in [6.45, 7) is 2.19. The van der Waals surface area contributed by atoms with Gasteiger partial charge in [-0.2, -0.15) is 0 Å². The minimum Gasteiger partial charge on any atom is -0.396 e. The molecule has 4 heteroatoms. The van der Waals surface area contributed by atoms with E-state index >= 15 is 0 Å². The highest BCUT2D eigenvalue weighted by atomic mass is 79.9. The van der Waals surface area contributed by atoms with Gasteiger partial charge in [-0.25, -0.2) is 0 Å². The summed E-state index contributed by atoms with van der Waals surface area (Å²) in [7, 11) is 0. The maximum absolute atomic E-state index is 8.80. The minimum atomic E-state index is 0.114. The highest BCUT2D eigenvalue weighted by molar-refractivity contribution is 9.09. The van der Waals surface area contributed by atoms with Crippen molar-refractivity contribution in [3.63, 3.8) is 0 Å². The van der Waals surface area contributed by atoms with Crippen molar-refractivity contribution in [1.29, 1.82) is 0 Å². The van der Waals surface area contributed by atoms with Gasteiger partial charge in [-0.05, 0) is 43.9 Å². The number of rotatable bonds is 4. The van der Waals surface area contributed by atoms with Gasteiger partial charge in [0.2, 0.25) is 0 Å². The zero-order valence-electron chi connectivity index (χ0n) is 11.1. The first kappa shape index (κ1) is 14.7. The van der Waals surface area contributed by atoms with Crippen LogP contribution in [0.2, 0.25) is 0 Å². The van der Waals surface area contributed by atoms with Crippen LogP contribution >= 0.6 is 15.9 Å². The van der Waals surface area contributed by atoms with Crippen LogP contribution in [0.1, 0.15) is 36.6 Å². The Kier molecular flexibility index (Phi) is 5.55. The highest BCUT2D eigenvalue weighted by Gasteiger charge is 2.27. The van der Waals surface area contributed by atoms with E-state index in [9.17, 15) is 0 Å². The number of aromatic nitrogens is 1. The Bertz CT molecular complexity index is 436. The van der Waals surface area contributed by atoms with Crippen molar-refractivity contribution < 1.29 is 9.84 Å². The van der Waals surface area contributed by atoms with Gasteiger partial charge in [-0.1, -0.05) is 28.1 Å². The topological polar surface area (TPSA) is 42.4 Å². The fraction of sp³-hybridized carbons (Fsp3) is 0.533. The third-order valence-corrected chi connectivity index (χ3v) is 3.98. The van der Waals surface area contributed by atoms with Crippen LogP contribution in [-0.4, -0.2) is 27.6 Å². The quantitative estimate of drug-likeness (QED) is 0.682. The van der Waals surface area contributed by atoms with Crippen LogP contribution in [0.4, 0.5) is 0 Å². The summed E-state index contributed by atoms with van der Waals surface area (Å²) in [5.41, 5.74) is 2.21. The van der Waals surface area contributed by atoms with E-state index in [4.69, 9.17) is 9.84 Å². The molecule has 2 heterocycles. The molecule has 1 N–H and O–H groups in total. The van der Waals surface area contributed by atoms with Crippen molar-refractivity contribution in [2.75, 3.05) is 6.61 Å². The van der Waals surface area contributed by atoms with Crippen molar-refractivity contribution in [2.24, 2.45) is 0 Å². The van der Waals surface area contributed by atoms with Crippen LogP contribution < -0.4 is 0 Å². The Balaban J connectivity index is 2.05. The van der Waals surface area contributed by atoms with E-state index < -0.39 is 0 Å². The third-order valence-electron chi connectivity index (χ3n) is 3.24. The fourth-order valence-corrected chi connectivity index (χ4v) is 3.04. The van der Waals surface area contributed by atoms with Crippen molar-refractivity contribution in [3.8, 4) is 0 Å². The number of halogens is 1. The SMILES string of the molecule is Cc1cc(C2CC(Br)CC(/C=C\CCO)O2)ccn1. The zero-order valence-corrected chi connectivity index (χ0v) is 12.7. The first-order chi connectivity index (χ1) is 9.19. The van der Waals surface area contributed by atoms with E-state index in [0.717, 1.165) is 18.5 Å². The molecule has 3 nitrogen and oxygen atoms in total. The van der Waals surface area contributed by atoms with Crippen LogP contribution in [0.5, 0.6) is 0 Å². The lowest BCUT2D eigenvalue weighted by Gasteiger charge is -2.32. The molecule has 1 aromatic rings. The van der Waals surface area contributed by atoms with Gasteiger partial charge in [-0.3, -0.25) is 4.98 Å². The molecule has 0 saturated carbocycles. The fourth-order valence-electron chi connectivity index (χ4n) is 2.33. The maximum Gasteiger partial charge on any atom is 0.0844 e. The van der Waals surface area contributed by atoms with Gasteiger partial charge in [0.05, 0.1) is 12.2 Å². The van der Waals surface area contributed by atoms with E-state index in [1.54, 1.807) is 0 Å². The van der Waals surface area contributed by atoms with Gasteiger partial charge in [-0.15, -0.1) is 0 Å². The van der Waals surface area contributed by atoms with Gasteiger partial charge in [0.25, 0.3) is 0 Å². The molecular weight excluding hydrogens is 306 g/mol. The van der Waals surface area contributed by atoms with Crippen LogP contribution in [0.3, 0.4) is 0 Å². The number of alkyl halides is 1. The maximum atomic E-state index is 8.80. The molecule has 1 fully saturated rings. The Morgan fingerprint density at radius 2 is 2.37 bits per heavy atom. The molecule has 0 radical (unpaired) electrons. The minimum absolute atomic E-state index is 0.114. The lowest BCUT2D eigenvalue weighted by molar-refractivity contribution is -0.0233. The smallest absolute Gasteiger partial charge is 0.0844 e. The molecule has 19 heavy (non-hydrogen) atoms. The number of aryl methyl sites for hydroxylation is 1. The summed E-state index contributed by atoms with van der Waals surface area (Å²) in [6, 6.07) is 4.11. The highest BCUT2D eigenvalue weighted by Crippen LogP contribution is 2.35. The van der Waals surface area contributed by atoms with Gasteiger partial charge in [0, 0.05) is 23.3 Å². The molecule has 0 bridgehead atoms. The lowest BCUT2D eigenvalue weighted by Crippen LogP contribution is -2.27. The summed E-state index contributed by atoms with van der Waals surface area (Å²) < 4.78 is 6.12. The average molecular weight is 326 g/mol. The lowest BCUT2D eigenvalue weighted by atomic mass is 9.98. The van der Waals surface area contributed by atoms with Crippen LogP contribution in [0, 0.1) is 6.92 Å². The van der Waals surface area contributed by atoms with Crippen molar-refractivity contribution >= 4 is 15.9 Å². The summed E-state index contributed by atoms with van der Waals surface area (Å²) >= 11 is 3.72. The van der Waals surface area contributed by atoms with Gasteiger partial charge < -0.3 is 9.84 Å². The largest absolute Gasteiger partial charge is 0.396 e. The van der Waals surface area contributed by atoms with E-state index in [-0.39, 0.29) is 18.8 Å². The molecule has 3 unspecified atom stereocenters. The summed E-state index contributed by atoms with van der Waals surface area (Å²) in [4.78, 5) is 4.69. The predicted octanol–water partition coefficient (Wildman–Crippen LogP) is 3.31. The molecule has 1 saturated heterocycles. The average Bonchev–Trinajstić information content (AvgIpc) is 2.38. The molecule has 1 aliphatic rings. The Labute approximate surface area is 122 Å². The van der Waals surface area contributed by atoms with Gasteiger partial charge in [0.15, 0.2) is 0 Å². The predicted molar refractivity (Wildman–Crippen MR) is 79.4 cm³/mol. The Hall–Kier alpha value is -0.710. The molecule has 104 valence electrons. The Morgan fingerprint density at radius 1 is 1.53 bits per heavy atom. The second kappa shape index (κ2) is 7.17. The molecule has 0 spiro atoms. The number of hydrogen-bond acceptors (Lipinski definition) is 3. The molecule has 1 aliphatic heterocycles. The zero-order chi connectivity index (χ0) is 13.7. The van der Waals surface area contributed by atoms with Crippen molar-refractivity contribution in [3.05, 3.63) is 41.7 Å². The summed E-state index contributed by atoms with van der Waals surface area (Å²) in [6.07, 6.45) is 8.76. The molecule has 0 amide bonds. The standard InChI is InChI=1S/C15H20BrNO2/c1-11-8-12(5-6-17-11)15-10-13(16)9-14(19-15)4-2-3-7-18/h2,4-6,8,13-15,18H,3,7,9-10H2,1H3/b4-2-. The van der Waals surface area contributed by atoms with E-state index in [2.05, 4.69) is 33.1 Å².